The van der Waals surface area contributed by atoms with Crippen LogP contribution >= 0.6 is 0 Å². The van der Waals surface area contributed by atoms with Gasteiger partial charge in [-0.2, -0.15) is 0 Å². The molecule has 1 N–H and O–H groups in total. The van der Waals surface area contributed by atoms with Crippen molar-refractivity contribution in [1.82, 2.24) is 15.3 Å². The third-order valence-electron chi connectivity index (χ3n) is 4.04. The van der Waals surface area contributed by atoms with Crippen LogP contribution in [0.25, 0.3) is 0 Å². The van der Waals surface area contributed by atoms with Crippen molar-refractivity contribution in [3.63, 3.8) is 0 Å². The van der Waals surface area contributed by atoms with Gasteiger partial charge in [-0.05, 0) is 58.1 Å². The number of aryl methyl sites for hydroxylation is 2. The SMILES string of the molecule is Cc1nc(C2CCCO2)nc(C)c1CCNC1CC1. The molecule has 1 unspecified atom stereocenters. The van der Waals surface area contributed by atoms with Crippen LogP contribution in [0.1, 0.15) is 54.6 Å². The zero-order valence-corrected chi connectivity index (χ0v) is 11.9. The van der Waals surface area contributed by atoms with E-state index in [0.29, 0.717) is 0 Å². The van der Waals surface area contributed by atoms with Crippen LogP contribution in [0, 0.1) is 13.8 Å². The van der Waals surface area contributed by atoms with Gasteiger partial charge < -0.3 is 10.1 Å². The van der Waals surface area contributed by atoms with Gasteiger partial charge >= 0.3 is 0 Å². The Morgan fingerprint density at radius 1 is 1.16 bits per heavy atom. The summed E-state index contributed by atoms with van der Waals surface area (Å²) in [4.78, 5) is 9.33. The van der Waals surface area contributed by atoms with Gasteiger partial charge in [0.05, 0.1) is 0 Å². The Bertz CT molecular complexity index is 428. The molecule has 3 rings (SSSR count). The maximum absolute atomic E-state index is 5.67. The van der Waals surface area contributed by atoms with Crippen molar-refractivity contribution in [2.45, 2.75) is 58.1 Å². The quantitative estimate of drug-likeness (QED) is 0.883. The van der Waals surface area contributed by atoms with Crippen LogP contribution in [-0.2, 0) is 11.2 Å². The van der Waals surface area contributed by atoms with Crippen molar-refractivity contribution in [3.8, 4) is 0 Å². The fourth-order valence-corrected chi connectivity index (χ4v) is 2.74. The van der Waals surface area contributed by atoms with Crippen LogP contribution in [0.4, 0.5) is 0 Å². The summed E-state index contributed by atoms with van der Waals surface area (Å²) in [6.45, 7) is 6.08. The lowest BCUT2D eigenvalue weighted by Crippen LogP contribution is -2.21. The lowest BCUT2D eigenvalue weighted by atomic mass is 10.1. The molecule has 2 fully saturated rings. The first-order chi connectivity index (χ1) is 9.24. The van der Waals surface area contributed by atoms with Crippen molar-refractivity contribution in [3.05, 3.63) is 22.8 Å². The highest BCUT2D eigenvalue weighted by Crippen LogP contribution is 2.27. The van der Waals surface area contributed by atoms with E-state index in [2.05, 4.69) is 29.1 Å². The lowest BCUT2D eigenvalue weighted by Gasteiger charge is -2.14. The first-order valence-corrected chi connectivity index (χ1v) is 7.43. The van der Waals surface area contributed by atoms with Gasteiger partial charge in [-0.15, -0.1) is 0 Å². The fraction of sp³-hybridized carbons (Fsp3) is 0.733. The molecule has 1 aliphatic heterocycles. The van der Waals surface area contributed by atoms with Crippen LogP contribution in [0.5, 0.6) is 0 Å². The smallest absolute Gasteiger partial charge is 0.157 e. The minimum Gasteiger partial charge on any atom is -0.370 e. The molecule has 2 aliphatic rings. The summed E-state index contributed by atoms with van der Waals surface area (Å²) in [7, 11) is 0. The van der Waals surface area contributed by atoms with Crippen LogP contribution in [0.2, 0.25) is 0 Å². The van der Waals surface area contributed by atoms with E-state index >= 15 is 0 Å². The van der Waals surface area contributed by atoms with Crippen molar-refractivity contribution < 1.29 is 4.74 Å². The predicted molar refractivity (Wildman–Crippen MR) is 74.2 cm³/mol. The van der Waals surface area contributed by atoms with E-state index in [-0.39, 0.29) is 6.10 Å². The van der Waals surface area contributed by atoms with Gasteiger partial charge in [0.25, 0.3) is 0 Å². The summed E-state index contributed by atoms with van der Waals surface area (Å²) < 4.78 is 5.67. The van der Waals surface area contributed by atoms with Gasteiger partial charge in [-0.3, -0.25) is 0 Å². The maximum atomic E-state index is 5.67. The topological polar surface area (TPSA) is 47.0 Å². The Balaban J connectivity index is 1.69. The second kappa shape index (κ2) is 5.55. The summed E-state index contributed by atoms with van der Waals surface area (Å²) >= 11 is 0. The molecule has 19 heavy (non-hydrogen) atoms. The first-order valence-electron chi connectivity index (χ1n) is 7.43. The third kappa shape index (κ3) is 3.12. The molecule has 2 heterocycles. The van der Waals surface area contributed by atoms with E-state index in [1.165, 1.54) is 18.4 Å². The van der Waals surface area contributed by atoms with E-state index in [9.17, 15) is 0 Å². The number of ether oxygens (including phenoxy) is 1. The van der Waals surface area contributed by atoms with Crippen molar-refractivity contribution in [2.24, 2.45) is 0 Å². The minimum absolute atomic E-state index is 0.121. The molecule has 0 spiro atoms. The summed E-state index contributed by atoms with van der Waals surface area (Å²) in [5.74, 6) is 0.881. The van der Waals surface area contributed by atoms with E-state index in [0.717, 1.165) is 55.7 Å². The summed E-state index contributed by atoms with van der Waals surface area (Å²) in [5, 5.41) is 3.55. The Kier molecular flexibility index (Phi) is 3.80. The molecule has 0 radical (unpaired) electrons. The van der Waals surface area contributed by atoms with E-state index in [1.54, 1.807) is 0 Å². The largest absolute Gasteiger partial charge is 0.370 e. The van der Waals surface area contributed by atoms with E-state index < -0.39 is 0 Å². The van der Waals surface area contributed by atoms with E-state index in [1.807, 2.05) is 0 Å². The van der Waals surface area contributed by atoms with Gasteiger partial charge in [0.1, 0.15) is 6.10 Å². The molecule has 4 heteroatoms. The summed E-state index contributed by atoms with van der Waals surface area (Å²) in [6.07, 6.45) is 6.01. The van der Waals surface area contributed by atoms with Gasteiger partial charge in [-0.1, -0.05) is 0 Å². The molecule has 0 bridgehead atoms. The van der Waals surface area contributed by atoms with Crippen LogP contribution < -0.4 is 5.32 Å². The second-order valence-corrected chi connectivity index (χ2v) is 5.71. The van der Waals surface area contributed by atoms with E-state index in [4.69, 9.17) is 4.74 Å². The molecule has 1 atom stereocenters. The van der Waals surface area contributed by atoms with Crippen molar-refractivity contribution in [2.75, 3.05) is 13.2 Å². The van der Waals surface area contributed by atoms with Crippen LogP contribution in [0.15, 0.2) is 0 Å². The molecule has 1 aromatic rings. The van der Waals surface area contributed by atoms with Gasteiger partial charge in [0, 0.05) is 24.0 Å². The highest BCUT2D eigenvalue weighted by molar-refractivity contribution is 5.25. The predicted octanol–water partition coefficient (Wildman–Crippen LogP) is 2.24. The Morgan fingerprint density at radius 2 is 1.89 bits per heavy atom. The average Bonchev–Trinajstić information content (AvgIpc) is 3.04. The highest BCUT2D eigenvalue weighted by atomic mass is 16.5. The number of rotatable bonds is 5. The molecular formula is C15H23N3O. The monoisotopic (exact) mass is 261 g/mol. The number of nitrogens with one attached hydrogen (secondary N) is 1. The van der Waals surface area contributed by atoms with Crippen LogP contribution in [-0.4, -0.2) is 29.2 Å². The number of nitrogens with zero attached hydrogens (tertiary/aromatic N) is 2. The molecule has 4 nitrogen and oxygen atoms in total. The second-order valence-electron chi connectivity index (χ2n) is 5.71. The molecular weight excluding hydrogens is 238 g/mol. The summed E-state index contributed by atoms with van der Waals surface area (Å²) in [6, 6.07) is 0.771. The highest BCUT2D eigenvalue weighted by Gasteiger charge is 2.23. The number of hydrogen-bond acceptors (Lipinski definition) is 4. The summed E-state index contributed by atoms with van der Waals surface area (Å²) in [5.41, 5.74) is 3.54. The first kappa shape index (κ1) is 13.0. The Morgan fingerprint density at radius 3 is 2.47 bits per heavy atom. The number of hydrogen-bond donors (Lipinski definition) is 1. The minimum atomic E-state index is 0.121. The molecule has 0 amide bonds. The van der Waals surface area contributed by atoms with Gasteiger partial charge in [0.15, 0.2) is 5.82 Å². The van der Waals surface area contributed by atoms with Crippen molar-refractivity contribution >= 4 is 0 Å². The van der Waals surface area contributed by atoms with Gasteiger partial charge in [-0.25, -0.2) is 9.97 Å². The molecule has 0 aromatic carbocycles. The maximum Gasteiger partial charge on any atom is 0.157 e. The van der Waals surface area contributed by atoms with Gasteiger partial charge in [0.2, 0.25) is 0 Å². The Labute approximate surface area is 115 Å². The molecule has 1 aliphatic carbocycles. The number of aromatic nitrogens is 2. The average molecular weight is 261 g/mol. The molecule has 1 saturated heterocycles. The molecule has 1 aromatic heterocycles. The molecule has 1 saturated carbocycles. The molecule has 104 valence electrons. The standard InChI is InChI=1S/C15H23N3O/c1-10-13(7-8-16-12-5-6-12)11(2)18-15(17-10)14-4-3-9-19-14/h12,14,16H,3-9H2,1-2H3. The zero-order valence-electron chi connectivity index (χ0n) is 11.9. The van der Waals surface area contributed by atoms with Crippen LogP contribution in [0.3, 0.4) is 0 Å². The third-order valence-corrected chi connectivity index (χ3v) is 4.04. The fourth-order valence-electron chi connectivity index (χ4n) is 2.74. The van der Waals surface area contributed by atoms with Crippen molar-refractivity contribution in [1.29, 1.82) is 0 Å². The Hall–Kier alpha value is -1.00. The normalized spacial score (nSPS) is 22.9. The lowest BCUT2D eigenvalue weighted by molar-refractivity contribution is 0.104. The zero-order chi connectivity index (χ0) is 13.2.